The number of piperidine rings is 1. The van der Waals surface area contributed by atoms with Gasteiger partial charge in [0.05, 0.1) is 0 Å². The van der Waals surface area contributed by atoms with Crippen LogP contribution < -0.4 is 0 Å². The van der Waals surface area contributed by atoms with Crippen LogP contribution in [0.5, 0.6) is 5.75 Å². The monoisotopic (exact) mass is 403 g/mol. The smallest absolute Gasteiger partial charge is 0.342 e. The second kappa shape index (κ2) is 8.99. The van der Waals surface area contributed by atoms with E-state index in [0.29, 0.717) is 19.0 Å². The number of nitrogens with zero attached hydrogens (tertiary/aromatic N) is 1. The van der Waals surface area contributed by atoms with Crippen molar-refractivity contribution in [3.8, 4) is 5.75 Å². The van der Waals surface area contributed by atoms with E-state index in [1.165, 1.54) is 11.6 Å². The topological polar surface area (TPSA) is 66.8 Å². The second-order valence-corrected chi connectivity index (χ2v) is 7.81. The number of carbonyl (C=O) groups excluding carboxylic acids is 2. The van der Waals surface area contributed by atoms with E-state index in [9.17, 15) is 14.7 Å². The van der Waals surface area contributed by atoms with Gasteiger partial charge >= 0.3 is 5.97 Å². The van der Waals surface area contributed by atoms with Crippen LogP contribution in [0.4, 0.5) is 0 Å². The van der Waals surface area contributed by atoms with Crippen molar-refractivity contribution in [2.24, 2.45) is 5.92 Å². The summed E-state index contributed by atoms with van der Waals surface area (Å²) in [4.78, 5) is 26.6. The molecule has 5 heteroatoms. The van der Waals surface area contributed by atoms with Gasteiger partial charge in [0.25, 0.3) is 5.91 Å². The molecule has 0 unspecified atom stereocenters. The minimum atomic E-state index is -0.689. The fourth-order valence-electron chi connectivity index (χ4n) is 4.02. The fraction of sp³-hybridized carbons (Fsp3) is 0.280. The Morgan fingerprint density at radius 3 is 2.27 bits per heavy atom. The molecule has 0 aliphatic carbocycles. The largest absolute Gasteiger partial charge is 0.507 e. The van der Waals surface area contributed by atoms with Crippen LogP contribution in [0.15, 0.2) is 66.7 Å². The van der Waals surface area contributed by atoms with E-state index in [-0.39, 0.29) is 23.8 Å². The third-order valence-electron chi connectivity index (χ3n) is 5.75. The maximum atomic E-state index is 12.5. The van der Waals surface area contributed by atoms with Crippen molar-refractivity contribution in [3.63, 3.8) is 0 Å². The van der Waals surface area contributed by atoms with Crippen molar-refractivity contribution in [3.05, 3.63) is 77.9 Å². The van der Waals surface area contributed by atoms with E-state index >= 15 is 0 Å². The quantitative estimate of drug-likeness (QED) is 0.649. The van der Waals surface area contributed by atoms with Gasteiger partial charge in [-0.2, -0.15) is 0 Å². The zero-order valence-corrected chi connectivity index (χ0v) is 16.8. The number of fused-ring (bicyclic) bond motifs is 1. The first-order valence-corrected chi connectivity index (χ1v) is 10.3. The molecule has 1 N–H and O–H groups in total. The lowest BCUT2D eigenvalue weighted by Gasteiger charge is -2.32. The summed E-state index contributed by atoms with van der Waals surface area (Å²) in [5, 5.41) is 11.8. The van der Waals surface area contributed by atoms with Crippen molar-refractivity contribution in [1.82, 2.24) is 4.90 Å². The van der Waals surface area contributed by atoms with Crippen molar-refractivity contribution >= 4 is 22.6 Å². The summed E-state index contributed by atoms with van der Waals surface area (Å²) in [6.45, 7) is 1.04. The van der Waals surface area contributed by atoms with Crippen molar-refractivity contribution in [2.75, 3.05) is 19.7 Å². The third-order valence-corrected chi connectivity index (χ3v) is 5.75. The summed E-state index contributed by atoms with van der Waals surface area (Å²) < 4.78 is 5.21. The SMILES string of the molecule is O=C(OCC(=O)N1CCC(Cc2ccccc2)CC1)c1cc2ccccc2cc1O. The van der Waals surface area contributed by atoms with Gasteiger partial charge in [0, 0.05) is 13.1 Å². The van der Waals surface area contributed by atoms with Gasteiger partial charge in [0.15, 0.2) is 6.61 Å². The van der Waals surface area contributed by atoms with Gasteiger partial charge in [-0.05, 0) is 53.6 Å². The molecule has 30 heavy (non-hydrogen) atoms. The molecule has 0 aromatic heterocycles. The number of hydrogen-bond donors (Lipinski definition) is 1. The van der Waals surface area contributed by atoms with Crippen LogP contribution in [0.25, 0.3) is 10.8 Å². The Morgan fingerprint density at radius 2 is 1.57 bits per heavy atom. The van der Waals surface area contributed by atoms with E-state index in [1.54, 1.807) is 11.0 Å². The molecule has 0 saturated carbocycles. The predicted octanol–water partition coefficient (Wildman–Crippen LogP) is 4.18. The zero-order valence-electron chi connectivity index (χ0n) is 16.8. The number of ether oxygens (including phenoxy) is 1. The number of amides is 1. The predicted molar refractivity (Wildman–Crippen MR) is 115 cm³/mol. The number of likely N-dealkylation sites (tertiary alicyclic amines) is 1. The molecule has 0 bridgehead atoms. The first-order valence-electron chi connectivity index (χ1n) is 10.3. The summed E-state index contributed by atoms with van der Waals surface area (Å²) in [5.41, 5.74) is 1.40. The molecule has 1 aliphatic heterocycles. The Balaban J connectivity index is 1.29. The molecule has 1 heterocycles. The van der Waals surface area contributed by atoms with E-state index in [0.717, 1.165) is 30.0 Å². The molecular formula is C25H25NO4. The van der Waals surface area contributed by atoms with Gasteiger partial charge in [-0.3, -0.25) is 4.79 Å². The number of carbonyl (C=O) groups is 2. The normalized spacial score (nSPS) is 14.6. The molecule has 154 valence electrons. The van der Waals surface area contributed by atoms with E-state index in [4.69, 9.17) is 4.74 Å². The summed E-state index contributed by atoms with van der Waals surface area (Å²) in [7, 11) is 0. The van der Waals surface area contributed by atoms with E-state index in [2.05, 4.69) is 24.3 Å². The van der Waals surface area contributed by atoms with Gasteiger partial charge in [0.2, 0.25) is 0 Å². The number of benzene rings is 3. The molecule has 4 rings (SSSR count). The zero-order chi connectivity index (χ0) is 20.9. The highest BCUT2D eigenvalue weighted by Gasteiger charge is 2.24. The highest BCUT2D eigenvalue weighted by Crippen LogP contribution is 2.26. The third kappa shape index (κ3) is 4.62. The molecule has 1 fully saturated rings. The molecule has 0 atom stereocenters. The minimum absolute atomic E-state index is 0.0723. The van der Waals surface area contributed by atoms with Gasteiger partial charge in [-0.15, -0.1) is 0 Å². The Bertz CT molecular complexity index is 1040. The van der Waals surface area contributed by atoms with Crippen LogP contribution in [0.3, 0.4) is 0 Å². The molecule has 0 spiro atoms. The van der Waals surface area contributed by atoms with Gasteiger partial charge in [-0.25, -0.2) is 4.79 Å². The van der Waals surface area contributed by atoms with E-state index in [1.807, 2.05) is 30.3 Å². The van der Waals surface area contributed by atoms with Crippen LogP contribution in [-0.4, -0.2) is 41.6 Å². The maximum Gasteiger partial charge on any atom is 0.342 e. The Morgan fingerprint density at radius 1 is 0.933 bits per heavy atom. The highest BCUT2D eigenvalue weighted by atomic mass is 16.5. The molecule has 1 aliphatic rings. The average Bonchev–Trinajstić information content (AvgIpc) is 2.78. The Hall–Kier alpha value is -3.34. The number of esters is 1. The fourth-order valence-corrected chi connectivity index (χ4v) is 4.02. The first kappa shape index (κ1) is 20.0. The lowest BCUT2D eigenvalue weighted by molar-refractivity contribution is -0.135. The molecule has 1 saturated heterocycles. The molecule has 1 amide bonds. The number of phenols is 1. The van der Waals surface area contributed by atoms with Crippen LogP contribution in [-0.2, 0) is 16.0 Å². The Labute approximate surface area is 175 Å². The minimum Gasteiger partial charge on any atom is -0.507 e. The Kier molecular flexibility index (Phi) is 5.98. The molecule has 3 aromatic carbocycles. The van der Waals surface area contributed by atoms with Crippen LogP contribution in [0, 0.1) is 5.92 Å². The first-order chi connectivity index (χ1) is 14.6. The summed E-state index contributed by atoms with van der Waals surface area (Å²) in [6.07, 6.45) is 2.92. The number of rotatable bonds is 5. The summed E-state index contributed by atoms with van der Waals surface area (Å²) >= 11 is 0. The van der Waals surface area contributed by atoms with Gasteiger partial charge in [0.1, 0.15) is 11.3 Å². The highest BCUT2D eigenvalue weighted by molar-refractivity contribution is 5.99. The standard InChI is InChI=1S/C25H25NO4/c27-23-16-21-9-5-4-8-20(21)15-22(23)25(29)30-17-24(28)26-12-10-19(11-13-26)14-18-6-2-1-3-7-18/h1-9,15-16,19,27H,10-14,17H2. The van der Waals surface area contributed by atoms with E-state index < -0.39 is 5.97 Å². The van der Waals surface area contributed by atoms with Crippen molar-refractivity contribution in [2.45, 2.75) is 19.3 Å². The van der Waals surface area contributed by atoms with Crippen LogP contribution >= 0.6 is 0 Å². The number of hydrogen-bond acceptors (Lipinski definition) is 4. The number of phenolic OH excluding ortho intramolecular Hbond substituents is 1. The van der Waals surface area contributed by atoms with Crippen LogP contribution in [0.1, 0.15) is 28.8 Å². The molecule has 5 nitrogen and oxygen atoms in total. The summed E-state index contributed by atoms with van der Waals surface area (Å²) in [6, 6.07) is 21.0. The average molecular weight is 403 g/mol. The lowest BCUT2D eigenvalue weighted by atomic mass is 9.90. The second-order valence-electron chi connectivity index (χ2n) is 7.81. The van der Waals surface area contributed by atoms with Crippen molar-refractivity contribution in [1.29, 1.82) is 0 Å². The lowest BCUT2D eigenvalue weighted by Crippen LogP contribution is -2.41. The van der Waals surface area contributed by atoms with Crippen LogP contribution in [0.2, 0.25) is 0 Å². The number of aromatic hydroxyl groups is 1. The van der Waals surface area contributed by atoms with Gasteiger partial charge < -0.3 is 14.7 Å². The van der Waals surface area contributed by atoms with Gasteiger partial charge in [-0.1, -0.05) is 54.6 Å². The molecule has 0 radical (unpaired) electrons. The maximum absolute atomic E-state index is 12.5. The van der Waals surface area contributed by atoms with Crippen molar-refractivity contribution < 1.29 is 19.4 Å². The molecular weight excluding hydrogens is 378 g/mol. The summed E-state index contributed by atoms with van der Waals surface area (Å²) in [5.74, 6) is -0.464. The molecule has 3 aromatic rings.